The minimum Gasteiger partial charge on any atom is -0.338 e. The van der Waals surface area contributed by atoms with Crippen molar-refractivity contribution in [3.8, 4) is 0 Å². The lowest BCUT2D eigenvalue weighted by molar-refractivity contribution is 0.0662. The first-order chi connectivity index (χ1) is 10.7. The van der Waals surface area contributed by atoms with Crippen molar-refractivity contribution in [2.45, 2.75) is 32.7 Å². The third-order valence-corrected chi connectivity index (χ3v) is 4.78. The zero-order valence-electron chi connectivity index (χ0n) is 13.9. The van der Waals surface area contributed by atoms with Gasteiger partial charge in [-0.05, 0) is 44.7 Å². The molecule has 1 amide bonds. The Labute approximate surface area is 138 Å². The Kier molecular flexibility index (Phi) is 5.31. The van der Waals surface area contributed by atoms with Gasteiger partial charge in [-0.2, -0.15) is 0 Å². The summed E-state index contributed by atoms with van der Waals surface area (Å²) < 4.78 is 25.5. The van der Waals surface area contributed by atoms with Crippen molar-refractivity contribution in [3.05, 3.63) is 29.3 Å². The Morgan fingerprint density at radius 2 is 2.13 bits per heavy atom. The summed E-state index contributed by atoms with van der Waals surface area (Å²) in [7, 11) is -3.44. The summed E-state index contributed by atoms with van der Waals surface area (Å²) in [5, 5.41) is 0. The predicted molar refractivity (Wildman–Crippen MR) is 91.9 cm³/mol. The van der Waals surface area contributed by atoms with Crippen LogP contribution in [0.3, 0.4) is 0 Å². The fraction of sp³-hybridized carbons (Fsp3) is 0.562. The molecule has 0 spiro atoms. The molecule has 1 heterocycles. The highest BCUT2D eigenvalue weighted by Crippen LogP contribution is 2.25. The molecular weight excluding hydrogens is 314 g/mol. The van der Waals surface area contributed by atoms with Crippen LogP contribution >= 0.6 is 0 Å². The molecule has 1 fully saturated rings. The fourth-order valence-corrected chi connectivity index (χ4v) is 3.50. The maximum absolute atomic E-state index is 12.9. The fourth-order valence-electron chi connectivity index (χ4n) is 2.92. The van der Waals surface area contributed by atoms with E-state index in [2.05, 4.69) is 4.72 Å². The van der Waals surface area contributed by atoms with Gasteiger partial charge in [-0.15, -0.1) is 0 Å². The minimum atomic E-state index is -3.44. The number of carbonyl (C=O) groups excluding carboxylic acids is 1. The molecule has 0 saturated carbocycles. The first kappa shape index (κ1) is 17.7. The van der Waals surface area contributed by atoms with Gasteiger partial charge in [0.1, 0.15) is 0 Å². The molecule has 3 N–H and O–H groups in total. The molecule has 7 heteroatoms. The van der Waals surface area contributed by atoms with Crippen molar-refractivity contribution >= 4 is 21.6 Å². The van der Waals surface area contributed by atoms with Gasteiger partial charge < -0.3 is 10.6 Å². The Balaban J connectivity index is 2.29. The monoisotopic (exact) mass is 339 g/mol. The van der Waals surface area contributed by atoms with Gasteiger partial charge in [0.25, 0.3) is 5.91 Å². The van der Waals surface area contributed by atoms with E-state index in [0.717, 1.165) is 24.7 Å². The molecule has 23 heavy (non-hydrogen) atoms. The standard InChI is InChI=1S/C16H25N3O3S/c1-11-6-7-15(18-23(3,21)22)14(9-11)16(20)19-8-4-5-13(10-19)12(2)17/h6-7,9,12-13,18H,4-5,8,10,17H2,1-3H3. The summed E-state index contributed by atoms with van der Waals surface area (Å²) in [6.07, 6.45) is 3.01. The number of likely N-dealkylation sites (tertiary alicyclic amines) is 1. The smallest absolute Gasteiger partial charge is 0.256 e. The molecule has 0 bridgehead atoms. The van der Waals surface area contributed by atoms with E-state index in [-0.39, 0.29) is 17.9 Å². The molecule has 2 rings (SSSR count). The normalized spacial score (nSPS) is 20.2. The average molecular weight is 339 g/mol. The number of nitrogens with two attached hydrogens (primary N) is 1. The Bertz CT molecular complexity index is 686. The zero-order valence-corrected chi connectivity index (χ0v) is 14.7. The quantitative estimate of drug-likeness (QED) is 0.871. The van der Waals surface area contributed by atoms with Gasteiger partial charge in [-0.1, -0.05) is 11.6 Å². The van der Waals surface area contributed by atoms with Crippen molar-refractivity contribution in [2.24, 2.45) is 11.7 Å². The highest BCUT2D eigenvalue weighted by atomic mass is 32.2. The number of amides is 1. The highest BCUT2D eigenvalue weighted by Gasteiger charge is 2.28. The number of hydrogen-bond acceptors (Lipinski definition) is 4. The van der Waals surface area contributed by atoms with Crippen molar-refractivity contribution < 1.29 is 13.2 Å². The van der Waals surface area contributed by atoms with E-state index in [9.17, 15) is 13.2 Å². The molecule has 1 aromatic rings. The van der Waals surface area contributed by atoms with Crippen molar-refractivity contribution in [1.29, 1.82) is 0 Å². The molecule has 6 nitrogen and oxygen atoms in total. The van der Waals surface area contributed by atoms with E-state index in [0.29, 0.717) is 24.3 Å². The van der Waals surface area contributed by atoms with Gasteiger partial charge in [0.2, 0.25) is 10.0 Å². The van der Waals surface area contributed by atoms with Crippen molar-refractivity contribution in [1.82, 2.24) is 4.90 Å². The largest absolute Gasteiger partial charge is 0.338 e. The van der Waals surface area contributed by atoms with E-state index in [1.807, 2.05) is 13.8 Å². The predicted octanol–water partition coefficient (Wildman–Crippen LogP) is 1.57. The summed E-state index contributed by atoms with van der Waals surface area (Å²) >= 11 is 0. The molecule has 0 aromatic heterocycles. The number of benzene rings is 1. The number of aryl methyl sites for hydroxylation is 1. The van der Waals surface area contributed by atoms with Gasteiger partial charge >= 0.3 is 0 Å². The number of hydrogen-bond donors (Lipinski definition) is 2. The van der Waals surface area contributed by atoms with Gasteiger partial charge in [0.15, 0.2) is 0 Å². The highest BCUT2D eigenvalue weighted by molar-refractivity contribution is 7.92. The number of carbonyl (C=O) groups is 1. The van der Waals surface area contributed by atoms with E-state index < -0.39 is 10.0 Å². The van der Waals surface area contributed by atoms with Gasteiger partial charge in [-0.3, -0.25) is 9.52 Å². The van der Waals surface area contributed by atoms with Crippen molar-refractivity contribution in [2.75, 3.05) is 24.1 Å². The number of nitrogens with zero attached hydrogens (tertiary/aromatic N) is 1. The maximum atomic E-state index is 12.9. The average Bonchev–Trinajstić information content (AvgIpc) is 2.47. The Hall–Kier alpha value is -1.60. The van der Waals surface area contributed by atoms with E-state index in [1.54, 1.807) is 23.1 Å². The molecule has 1 aromatic carbocycles. The number of nitrogens with one attached hydrogen (secondary N) is 1. The number of piperidine rings is 1. The second-order valence-corrected chi connectivity index (χ2v) is 8.18. The first-order valence-corrected chi connectivity index (χ1v) is 9.70. The third-order valence-electron chi connectivity index (χ3n) is 4.19. The van der Waals surface area contributed by atoms with Gasteiger partial charge in [-0.25, -0.2) is 8.42 Å². The van der Waals surface area contributed by atoms with Crippen LogP contribution in [-0.2, 0) is 10.0 Å². The molecule has 128 valence electrons. The van der Waals surface area contributed by atoms with Crippen LogP contribution in [0.4, 0.5) is 5.69 Å². The molecule has 1 aliphatic rings. The summed E-state index contributed by atoms with van der Waals surface area (Å²) in [6.45, 7) is 5.13. The molecule has 1 aliphatic heterocycles. The lowest BCUT2D eigenvalue weighted by Gasteiger charge is -2.35. The van der Waals surface area contributed by atoms with E-state index >= 15 is 0 Å². The first-order valence-electron chi connectivity index (χ1n) is 7.80. The van der Waals surface area contributed by atoms with Crippen LogP contribution in [0, 0.1) is 12.8 Å². The topological polar surface area (TPSA) is 92.5 Å². The Morgan fingerprint density at radius 3 is 2.74 bits per heavy atom. The second-order valence-electron chi connectivity index (χ2n) is 6.44. The molecule has 1 saturated heterocycles. The van der Waals surface area contributed by atoms with Gasteiger partial charge in [0.05, 0.1) is 17.5 Å². The van der Waals surface area contributed by atoms with Crippen LogP contribution in [0.5, 0.6) is 0 Å². The Morgan fingerprint density at radius 1 is 1.43 bits per heavy atom. The van der Waals surface area contributed by atoms with Crippen molar-refractivity contribution in [3.63, 3.8) is 0 Å². The molecular formula is C16H25N3O3S. The van der Waals surface area contributed by atoms with Crippen LogP contribution in [0.15, 0.2) is 18.2 Å². The lowest BCUT2D eigenvalue weighted by Crippen LogP contribution is -2.45. The second kappa shape index (κ2) is 6.88. The SMILES string of the molecule is Cc1ccc(NS(C)(=O)=O)c(C(=O)N2CCCC(C(C)N)C2)c1. The molecule has 0 radical (unpaired) electrons. The lowest BCUT2D eigenvalue weighted by atomic mass is 9.91. The van der Waals surface area contributed by atoms with E-state index in [4.69, 9.17) is 5.73 Å². The summed E-state index contributed by atoms with van der Waals surface area (Å²) in [4.78, 5) is 14.7. The summed E-state index contributed by atoms with van der Waals surface area (Å²) in [6, 6.07) is 5.18. The molecule has 2 unspecified atom stereocenters. The molecule has 2 atom stereocenters. The zero-order chi connectivity index (χ0) is 17.2. The summed E-state index contributed by atoms with van der Waals surface area (Å²) in [5.41, 5.74) is 7.60. The van der Waals surface area contributed by atoms with Crippen LogP contribution in [0.1, 0.15) is 35.7 Å². The number of sulfonamides is 1. The van der Waals surface area contributed by atoms with Crippen LogP contribution in [-0.4, -0.2) is 44.6 Å². The minimum absolute atomic E-state index is 0.0386. The van der Waals surface area contributed by atoms with E-state index in [1.165, 1.54) is 0 Å². The molecule has 0 aliphatic carbocycles. The third kappa shape index (κ3) is 4.68. The van der Waals surface area contributed by atoms with Crippen LogP contribution in [0.2, 0.25) is 0 Å². The maximum Gasteiger partial charge on any atom is 0.256 e. The van der Waals surface area contributed by atoms with Gasteiger partial charge in [0, 0.05) is 19.1 Å². The van der Waals surface area contributed by atoms with Crippen LogP contribution < -0.4 is 10.5 Å². The summed E-state index contributed by atoms with van der Waals surface area (Å²) in [5.74, 6) is 0.133. The number of rotatable bonds is 4. The van der Waals surface area contributed by atoms with Crippen LogP contribution in [0.25, 0.3) is 0 Å². The number of anilines is 1.